The van der Waals surface area contributed by atoms with Gasteiger partial charge in [-0.1, -0.05) is 20.3 Å². The first-order chi connectivity index (χ1) is 7.91. The highest BCUT2D eigenvalue weighted by atomic mass is 15.3. The molecule has 1 saturated heterocycles. The molecule has 1 atom stereocenters. The molecule has 102 valence electrons. The zero-order chi connectivity index (χ0) is 13.1. The number of rotatable bonds is 5. The molecule has 0 saturated carbocycles. The third kappa shape index (κ3) is 3.01. The van der Waals surface area contributed by atoms with E-state index in [1.54, 1.807) is 0 Å². The number of likely N-dealkylation sites (N-methyl/N-ethyl adjacent to an activating group) is 1. The summed E-state index contributed by atoms with van der Waals surface area (Å²) in [7, 11) is 2.23. The van der Waals surface area contributed by atoms with Gasteiger partial charge in [0.15, 0.2) is 0 Å². The molecule has 1 unspecified atom stereocenters. The molecule has 2 N–H and O–H groups in total. The fourth-order valence-electron chi connectivity index (χ4n) is 3.04. The van der Waals surface area contributed by atoms with Crippen molar-refractivity contribution in [3.05, 3.63) is 0 Å². The first kappa shape index (κ1) is 14.9. The van der Waals surface area contributed by atoms with Crippen LogP contribution >= 0.6 is 0 Å². The van der Waals surface area contributed by atoms with Crippen LogP contribution in [0.1, 0.15) is 47.0 Å². The van der Waals surface area contributed by atoms with E-state index in [0.29, 0.717) is 0 Å². The minimum absolute atomic E-state index is 0.229. The summed E-state index contributed by atoms with van der Waals surface area (Å²) in [5.74, 6) is 0. The Bertz CT molecular complexity index is 234. The molecule has 0 amide bonds. The summed E-state index contributed by atoms with van der Waals surface area (Å²) in [4.78, 5) is 5.11. The minimum atomic E-state index is 0.229. The van der Waals surface area contributed by atoms with Crippen molar-refractivity contribution in [3.63, 3.8) is 0 Å². The van der Waals surface area contributed by atoms with Crippen molar-refractivity contribution in [1.29, 1.82) is 0 Å². The molecule has 3 heteroatoms. The Labute approximate surface area is 107 Å². The molecule has 1 heterocycles. The largest absolute Gasteiger partial charge is 0.329 e. The molecule has 0 aromatic rings. The van der Waals surface area contributed by atoms with Gasteiger partial charge >= 0.3 is 0 Å². The number of piperazine rings is 1. The lowest BCUT2D eigenvalue weighted by atomic mass is 9.85. The van der Waals surface area contributed by atoms with E-state index in [4.69, 9.17) is 5.73 Å². The van der Waals surface area contributed by atoms with Gasteiger partial charge in [-0.25, -0.2) is 0 Å². The Morgan fingerprint density at radius 1 is 1.24 bits per heavy atom. The van der Waals surface area contributed by atoms with Gasteiger partial charge in [-0.2, -0.15) is 0 Å². The molecule has 0 spiro atoms. The van der Waals surface area contributed by atoms with Crippen molar-refractivity contribution in [1.82, 2.24) is 9.80 Å². The molecule has 17 heavy (non-hydrogen) atoms. The van der Waals surface area contributed by atoms with Gasteiger partial charge in [0.1, 0.15) is 0 Å². The molecule has 3 nitrogen and oxygen atoms in total. The van der Waals surface area contributed by atoms with Gasteiger partial charge in [0.25, 0.3) is 0 Å². The smallest absolute Gasteiger partial charge is 0.0330 e. The monoisotopic (exact) mass is 241 g/mol. The van der Waals surface area contributed by atoms with Crippen LogP contribution in [0, 0.1) is 0 Å². The highest BCUT2D eigenvalue weighted by Crippen LogP contribution is 2.30. The van der Waals surface area contributed by atoms with E-state index < -0.39 is 0 Å². The maximum atomic E-state index is 6.10. The lowest BCUT2D eigenvalue weighted by Crippen LogP contribution is -2.65. The first-order valence-corrected chi connectivity index (χ1v) is 7.08. The van der Waals surface area contributed by atoms with Crippen molar-refractivity contribution in [2.75, 3.05) is 33.2 Å². The second kappa shape index (κ2) is 5.68. The van der Waals surface area contributed by atoms with Crippen molar-refractivity contribution < 1.29 is 0 Å². The van der Waals surface area contributed by atoms with Crippen molar-refractivity contribution >= 4 is 0 Å². The van der Waals surface area contributed by atoms with Crippen LogP contribution in [0.5, 0.6) is 0 Å². The van der Waals surface area contributed by atoms with Crippen molar-refractivity contribution in [2.24, 2.45) is 5.73 Å². The molecular formula is C14H31N3. The minimum Gasteiger partial charge on any atom is -0.329 e. The summed E-state index contributed by atoms with van der Waals surface area (Å²) in [6, 6.07) is 0. The zero-order valence-corrected chi connectivity index (χ0v) is 12.4. The summed E-state index contributed by atoms with van der Waals surface area (Å²) in [6.45, 7) is 13.5. The van der Waals surface area contributed by atoms with Crippen LogP contribution in [0.4, 0.5) is 0 Å². The molecule has 1 aliphatic heterocycles. The number of hydrogen-bond donors (Lipinski definition) is 1. The van der Waals surface area contributed by atoms with Crippen LogP contribution < -0.4 is 5.73 Å². The second-order valence-corrected chi connectivity index (χ2v) is 6.19. The molecule has 0 aliphatic carbocycles. The van der Waals surface area contributed by atoms with Crippen LogP contribution in [0.15, 0.2) is 0 Å². The summed E-state index contributed by atoms with van der Waals surface area (Å²) < 4.78 is 0. The van der Waals surface area contributed by atoms with Gasteiger partial charge < -0.3 is 5.73 Å². The Morgan fingerprint density at radius 3 is 2.29 bits per heavy atom. The van der Waals surface area contributed by atoms with Gasteiger partial charge in [-0.05, 0) is 33.7 Å². The fraction of sp³-hybridized carbons (Fsp3) is 1.00. The third-order valence-corrected chi connectivity index (χ3v) is 4.74. The number of nitrogens with two attached hydrogens (primary N) is 1. The Kier molecular flexibility index (Phi) is 4.99. The summed E-state index contributed by atoms with van der Waals surface area (Å²) in [5.41, 5.74) is 6.60. The van der Waals surface area contributed by atoms with E-state index in [-0.39, 0.29) is 11.1 Å². The molecule has 0 radical (unpaired) electrons. The Balaban J connectivity index is 2.82. The number of nitrogens with zero attached hydrogens (tertiary/aromatic N) is 2. The Hall–Kier alpha value is -0.120. The summed E-state index contributed by atoms with van der Waals surface area (Å²) in [6.07, 6.45) is 3.61. The predicted octanol–water partition coefficient (Wildman–Crippen LogP) is 1.92. The normalized spacial score (nSPS) is 25.8. The lowest BCUT2D eigenvalue weighted by molar-refractivity contribution is -0.0274. The van der Waals surface area contributed by atoms with Gasteiger partial charge in [0.05, 0.1) is 0 Å². The standard InChI is InChI=1S/C14H31N3/c1-6-8-14(7-2,11-15)17-10-9-16(5)13(3,4)12-17/h6-12,15H2,1-5H3. The highest BCUT2D eigenvalue weighted by molar-refractivity contribution is 4.98. The maximum Gasteiger partial charge on any atom is 0.0330 e. The van der Waals surface area contributed by atoms with Crippen LogP contribution in [0.2, 0.25) is 0 Å². The van der Waals surface area contributed by atoms with Gasteiger partial charge in [0.2, 0.25) is 0 Å². The molecule has 0 aromatic heterocycles. The lowest BCUT2D eigenvalue weighted by Gasteiger charge is -2.53. The predicted molar refractivity (Wildman–Crippen MR) is 75.3 cm³/mol. The van der Waals surface area contributed by atoms with Crippen LogP contribution in [-0.4, -0.2) is 54.1 Å². The molecule has 0 aromatic carbocycles. The summed E-state index contributed by atoms with van der Waals surface area (Å²) in [5, 5.41) is 0. The number of hydrogen-bond acceptors (Lipinski definition) is 3. The Morgan fingerprint density at radius 2 is 1.88 bits per heavy atom. The van der Waals surface area contributed by atoms with Crippen molar-refractivity contribution in [3.8, 4) is 0 Å². The average Bonchev–Trinajstić information content (AvgIpc) is 2.30. The van der Waals surface area contributed by atoms with Crippen molar-refractivity contribution in [2.45, 2.75) is 58.0 Å². The van der Waals surface area contributed by atoms with E-state index in [1.807, 2.05) is 0 Å². The van der Waals surface area contributed by atoms with Gasteiger partial charge in [-0.3, -0.25) is 9.80 Å². The topological polar surface area (TPSA) is 32.5 Å². The fourth-order valence-corrected chi connectivity index (χ4v) is 3.04. The van der Waals surface area contributed by atoms with E-state index in [1.165, 1.54) is 12.8 Å². The molecule has 1 rings (SSSR count). The molecule has 1 aliphatic rings. The van der Waals surface area contributed by atoms with E-state index >= 15 is 0 Å². The summed E-state index contributed by atoms with van der Waals surface area (Å²) >= 11 is 0. The van der Waals surface area contributed by atoms with Crippen LogP contribution in [0.3, 0.4) is 0 Å². The maximum absolute atomic E-state index is 6.10. The van der Waals surface area contributed by atoms with Crippen LogP contribution in [-0.2, 0) is 0 Å². The average molecular weight is 241 g/mol. The quantitative estimate of drug-likeness (QED) is 0.798. The zero-order valence-electron chi connectivity index (χ0n) is 12.4. The van der Waals surface area contributed by atoms with Gasteiger partial charge in [-0.15, -0.1) is 0 Å². The van der Waals surface area contributed by atoms with Gasteiger partial charge in [0, 0.05) is 37.3 Å². The second-order valence-electron chi connectivity index (χ2n) is 6.19. The van der Waals surface area contributed by atoms with E-state index in [9.17, 15) is 0 Å². The molecular weight excluding hydrogens is 210 g/mol. The first-order valence-electron chi connectivity index (χ1n) is 7.08. The van der Waals surface area contributed by atoms with E-state index in [2.05, 4.69) is 44.5 Å². The molecule has 1 fully saturated rings. The molecule has 0 bridgehead atoms. The van der Waals surface area contributed by atoms with E-state index in [0.717, 1.165) is 32.6 Å². The SMILES string of the molecule is CCCC(CC)(CN)N1CCN(C)C(C)(C)C1. The van der Waals surface area contributed by atoms with Crippen LogP contribution in [0.25, 0.3) is 0 Å². The third-order valence-electron chi connectivity index (χ3n) is 4.74. The highest BCUT2D eigenvalue weighted by Gasteiger charge is 2.40.